The van der Waals surface area contributed by atoms with Gasteiger partial charge < -0.3 is 18.6 Å². The lowest BCUT2D eigenvalue weighted by Gasteiger charge is -2.51. The van der Waals surface area contributed by atoms with Gasteiger partial charge in [-0.2, -0.15) is 0 Å². The van der Waals surface area contributed by atoms with Crippen molar-refractivity contribution in [3.05, 3.63) is 10.2 Å². The van der Waals surface area contributed by atoms with Crippen molar-refractivity contribution in [1.29, 1.82) is 0 Å². The minimum atomic E-state index is -1.94. The Bertz CT molecular complexity index is 586. The van der Waals surface area contributed by atoms with Gasteiger partial charge >= 0.3 is 5.97 Å². The fraction of sp³-hybridized carbons (Fsp3) is 0.864. The first kappa shape index (κ1) is 25.3. The van der Waals surface area contributed by atoms with Crippen molar-refractivity contribution in [2.75, 3.05) is 7.11 Å². The van der Waals surface area contributed by atoms with Gasteiger partial charge in [0, 0.05) is 0 Å². The van der Waals surface area contributed by atoms with Gasteiger partial charge in [-0.25, -0.2) is 0 Å². The van der Waals surface area contributed by atoms with Crippen molar-refractivity contribution in [2.45, 2.75) is 103 Å². The summed E-state index contributed by atoms with van der Waals surface area (Å²) >= 11 is 2.27. The molecular formula is C22H39IO5Si. The second-order valence-electron chi connectivity index (χ2n) is 10.1. The topological polar surface area (TPSA) is 54.0 Å². The molecule has 5 nitrogen and oxygen atoms in total. The second-order valence-corrected chi connectivity index (χ2v) is 15.6. The van der Waals surface area contributed by atoms with E-state index in [4.69, 9.17) is 18.6 Å². The van der Waals surface area contributed by atoms with Crippen LogP contribution in [-0.2, 0) is 23.4 Å². The first-order valence-electron chi connectivity index (χ1n) is 10.7. The minimum absolute atomic E-state index is 0.00662. The number of esters is 1. The van der Waals surface area contributed by atoms with E-state index in [-0.39, 0.29) is 47.4 Å². The van der Waals surface area contributed by atoms with Gasteiger partial charge in [0.05, 0.1) is 44.1 Å². The summed E-state index contributed by atoms with van der Waals surface area (Å²) in [6.07, 6.45) is 4.13. The lowest BCUT2D eigenvalue weighted by Crippen LogP contribution is -2.58. The highest BCUT2D eigenvalue weighted by atomic mass is 127. The van der Waals surface area contributed by atoms with Crippen LogP contribution in [-0.4, -0.2) is 51.9 Å². The van der Waals surface area contributed by atoms with E-state index in [1.54, 1.807) is 0 Å². The third kappa shape index (κ3) is 6.05. The molecule has 0 aromatic rings. The molecule has 7 heteroatoms. The minimum Gasteiger partial charge on any atom is -0.469 e. The van der Waals surface area contributed by atoms with E-state index >= 15 is 0 Å². The smallest absolute Gasteiger partial charge is 0.308 e. The van der Waals surface area contributed by atoms with Crippen LogP contribution in [0.5, 0.6) is 0 Å². The van der Waals surface area contributed by atoms with E-state index < -0.39 is 8.32 Å². The van der Waals surface area contributed by atoms with E-state index in [9.17, 15) is 4.79 Å². The molecule has 0 spiro atoms. The Morgan fingerprint density at radius 1 is 1.21 bits per heavy atom. The molecule has 0 bridgehead atoms. The third-order valence-electron chi connectivity index (χ3n) is 7.13. The molecule has 0 unspecified atom stereocenters. The molecule has 29 heavy (non-hydrogen) atoms. The molecule has 0 radical (unpaired) electrons. The lowest BCUT2D eigenvalue weighted by molar-refractivity contribution is -0.238. The highest BCUT2D eigenvalue weighted by molar-refractivity contribution is 14.1. The van der Waals surface area contributed by atoms with Gasteiger partial charge in [-0.1, -0.05) is 57.2 Å². The molecule has 0 saturated carbocycles. The van der Waals surface area contributed by atoms with Gasteiger partial charge in [-0.15, -0.1) is 0 Å². The maximum Gasteiger partial charge on any atom is 0.308 e. The fourth-order valence-electron chi connectivity index (χ4n) is 4.03. The SMILES string of the molecule is COC(=O)C[C@H]1CC[C@@H]2O[C@@H]([C@H](/C=C/I)O[Si](C)(C)C(C)(C)C)[C@@H](C)[C@@H](C)[C@H]2O1. The summed E-state index contributed by atoms with van der Waals surface area (Å²) in [4.78, 5) is 11.7. The van der Waals surface area contributed by atoms with Crippen molar-refractivity contribution >= 4 is 36.9 Å². The first-order valence-corrected chi connectivity index (χ1v) is 14.9. The van der Waals surface area contributed by atoms with E-state index in [0.717, 1.165) is 12.8 Å². The fourth-order valence-corrected chi connectivity index (χ4v) is 5.68. The summed E-state index contributed by atoms with van der Waals surface area (Å²) < 4.78 is 26.6. The summed E-state index contributed by atoms with van der Waals surface area (Å²) in [5, 5.41) is 0.144. The van der Waals surface area contributed by atoms with Crippen molar-refractivity contribution in [2.24, 2.45) is 11.8 Å². The molecule has 0 amide bonds. The second kappa shape index (κ2) is 10.1. The monoisotopic (exact) mass is 538 g/mol. The van der Waals surface area contributed by atoms with E-state index in [0.29, 0.717) is 12.3 Å². The van der Waals surface area contributed by atoms with Crippen LogP contribution in [0, 0.1) is 11.8 Å². The van der Waals surface area contributed by atoms with Gasteiger partial charge in [0.25, 0.3) is 0 Å². The van der Waals surface area contributed by atoms with E-state index in [1.165, 1.54) is 7.11 Å². The van der Waals surface area contributed by atoms with E-state index in [2.05, 4.69) is 76.4 Å². The predicted molar refractivity (Wildman–Crippen MR) is 127 cm³/mol. The van der Waals surface area contributed by atoms with Gasteiger partial charge in [-0.3, -0.25) is 4.79 Å². The highest BCUT2D eigenvalue weighted by Gasteiger charge is 2.49. The molecule has 2 aliphatic heterocycles. The Balaban J connectivity index is 2.15. The van der Waals surface area contributed by atoms with E-state index in [1.807, 2.05) is 4.08 Å². The maximum absolute atomic E-state index is 11.7. The molecular weight excluding hydrogens is 499 g/mol. The first-order chi connectivity index (χ1) is 13.4. The van der Waals surface area contributed by atoms with Gasteiger partial charge in [0.2, 0.25) is 0 Å². The summed E-state index contributed by atoms with van der Waals surface area (Å²) in [6.45, 7) is 15.9. The van der Waals surface area contributed by atoms with Crippen LogP contribution in [0.3, 0.4) is 0 Å². The molecule has 0 N–H and O–H groups in total. The van der Waals surface area contributed by atoms with Crippen molar-refractivity contribution in [1.82, 2.24) is 0 Å². The number of ether oxygens (including phenoxy) is 3. The largest absolute Gasteiger partial charge is 0.469 e. The lowest BCUT2D eigenvalue weighted by atomic mass is 9.77. The van der Waals surface area contributed by atoms with Crippen LogP contribution in [0.1, 0.15) is 53.9 Å². The average molecular weight is 539 g/mol. The van der Waals surface area contributed by atoms with Crippen LogP contribution in [0.4, 0.5) is 0 Å². The summed E-state index contributed by atoms with van der Waals surface area (Å²) in [7, 11) is -0.508. The Morgan fingerprint density at radius 3 is 2.41 bits per heavy atom. The van der Waals surface area contributed by atoms with Crippen LogP contribution in [0.15, 0.2) is 10.2 Å². The molecule has 2 fully saturated rings. The molecule has 2 heterocycles. The Morgan fingerprint density at radius 2 is 1.86 bits per heavy atom. The van der Waals surface area contributed by atoms with Crippen molar-refractivity contribution in [3.63, 3.8) is 0 Å². The van der Waals surface area contributed by atoms with Crippen LogP contribution >= 0.6 is 22.6 Å². The Hall–Kier alpha value is 0.0369. The average Bonchev–Trinajstić information content (AvgIpc) is 2.63. The Labute approximate surface area is 191 Å². The number of carbonyl (C=O) groups excluding carboxylic acids is 1. The standard InChI is InChI=1S/C22H39IO5Si/c1-14-15(2)21(18(11-12-23)28-29(7,8)22(3,4)5)27-17-10-9-16(26-20(14)17)13-19(24)25-6/h11-12,14-18,20-21H,9-10,13H2,1-8H3/b12-11+/t14-,15+,16-,17+,18+,20-,21-/m1/s1. The molecule has 2 rings (SSSR count). The number of carbonyl (C=O) groups is 1. The zero-order valence-electron chi connectivity index (χ0n) is 19.2. The third-order valence-corrected chi connectivity index (χ3v) is 12.0. The highest BCUT2D eigenvalue weighted by Crippen LogP contribution is 2.43. The maximum atomic E-state index is 11.7. The molecule has 0 aromatic heterocycles. The molecule has 2 saturated heterocycles. The van der Waals surface area contributed by atoms with Crippen LogP contribution < -0.4 is 0 Å². The van der Waals surface area contributed by atoms with Gasteiger partial charge in [-0.05, 0) is 53.0 Å². The molecule has 168 valence electrons. The van der Waals surface area contributed by atoms with Crippen molar-refractivity contribution < 1.29 is 23.4 Å². The zero-order valence-corrected chi connectivity index (χ0v) is 22.4. The van der Waals surface area contributed by atoms with Gasteiger partial charge in [0.1, 0.15) is 0 Å². The predicted octanol–water partition coefficient (Wildman–Crippen LogP) is 5.48. The molecule has 7 atom stereocenters. The number of hydrogen-bond acceptors (Lipinski definition) is 5. The quantitative estimate of drug-likeness (QED) is 0.255. The summed E-state index contributed by atoms with van der Waals surface area (Å²) in [5.41, 5.74) is 0. The van der Waals surface area contributed by atoms with Crippen molar-refractivity contribution in [3.8, 4) is 0 Å². The number of hydrogen-bond donors (Lipinski definition) is 0. The summed E-state index contributed by atoms with van der Waals surface area (Å²) in [6, 6.07) is 0. The Kier molecular flexibility index (Phi) is 8.81. The van der Waals surface area contributed by atoms with Crippen LogP contribution in [0.2, 0.25) is 18.1 Å². The number of fused-ring (bicyclic) bond motifs is 1. The number of halogens is 1. The molecule has 0 aliphatic carbocycles. The molecule has 0 aromatic carbocycles. The number of rotatable bonds is 6. The van der Waals surface area contributed by atoms with Gasteiger partial charge in [0.15, 0.2) is 8.32 Å². The molecule has 2 aliphatic rings. The van der Waals surface area contributed by atoms with Crippen LogP contribution in [0.25, 0.3) is 0 Å². The zero-order chi connectivity index (χ0) is 22.0. The normalized spacial score (nSPS) is 34.7. The number of methoxy groups -OCH3 is 1. The summed E-state index contributed by atoms with van der Waals surface area (Å²) in [5.74, 6) is 0.404.